The maximum atomic E-state index is 4.81. The summed E-state index contributed by atoms with van der Waals surface area (Å²) in [4.78, 5) is 13.0. The summed E-state index contributed by atoms with van der Waals surface area (Å²) in [5, 5.41) is 9.07. The Morgan fingerprint density at radius 3 is 2.28 bits per heavy atom. The van der Waals surface area contributed by atoms with E-state index in [-0.39, 0.29) is 0 Å². The van der Waals surface area contributed by atoms with Gasteiger partial charge < -0.3 is 10.2 Å². The molecule has 4 rings (SSSR count). The van der Waals surface area contributed by atoms with Crippen molar-refractivity contribution in [2.24, 2.45) is 0 Å². The summed E-state index contributed by atoms with van der Waals surface area (Å²) in [5.74, 6) is 1.63. The van der Waals surface area contributed by atoms with Gasteiger partial charge >= 0.3 is 0 Å². The monoisotopic (exact) mass is 448 g/mol. The van der Waals surface area contributed by atoms with Crippen LogP contribution in [0, 0.1) is 0 Å². The second kappa shape index (κ2) is 13.6. The van der Waals surface area contributed by atoms with Crippen molar-refractivity contribution >= 4 is 51.0 Å². The van der Waals surface area contributed by atoms with E-state index in [9.17, 15) is 0 Å². The first-order valence-electron chi connectivity index (χ1n) is 11.5. The van der Waals surface area contributed by atoms with Gasteiger partial charge in [-0.2, -0.15) is 0 Å². The van der Waals surface area contributed by atoms with Crippen LogP contribution in [0.4, 0.5) is 5.82 Å². The molecule has 32 heavy (non-hydrogen) atoms. The maximum Gasteiger partial charge on any atom is 0.155 e. The lowest BCUT2D eigenvalue weighted by molar-refractivity contribution is 0.405. The Bertz CT molecular complexity index is 1100. The first kappa shape index (κ1) is 25.5. The van der Waals surface area contributed by atoms with Crippen LogP contribution < -0.4 is 5.32 Å². The number of fused-ring (bicyclic) bond motifs is 2. The van der Waals surface area contributed by atoms with Crippen LogP contribution >= 0.6 is 11.3 Å². The van der Waals surface area contributed by atoms with E-state index in [1.807, 2.05) is 33.8 Å². The SMILES string of the molecule is CC.CC.CN(C)CCCNc1nc(/C=C/c2cccs2)nc2cc3ccccc3cc12. The van der Waals surface area contributed by atoms with Gasteiger partial charge in [0, 0.05) is 16.8 Å². The van der Waals surface area contributed by atoms with Crippen LogP contribution in [0.2, 0.25) is 0 Å². The summed E-state index contributed by atoms with van der Waals surface area (Å²) in [6, 6.07) is 16.9. The number of benzene rings is 2. The molecule has 0 bridgehead atoms. The van der Waals surface area contributed by atoms with Gasteiger partial charge in [0.1, 0.15) is 5.82 Å². The van der Waals surface area contributed by atoms with Crippen LogP contribution in [0.1, 0.15) is 44.8 Å². The van der Waals surface area contributed by atoms with E-state index in [1.165, 1.54) is 15.6 Å². The summed E-state index contributed by atoms with van der Waals surface area (Å²) in [5.41, 5.74) is 0.967. The zero-order valence-electron chi connectivity index (χ0n) is 20.2. The fourth-order valence-electron chi connectivity index (χ4n) is 3.19. The van der Waals surface area contributed by atoms with Crippen LogP contribution in [0.3, 0.4) is 0 Å². The highest BCUT2D eigenvalue weighted by Crippen LogP contribution is 2.27. The lowest BCUT2D eigenvalue weighted by Gasteiger charge is -2.13. The molecule has 0 saturated heterocycles. The molecule has 0 radical (unpaired) electrons. The fourth-order valence-corrected chi connectivity index (χ4v) is 3.81. The molecule has 170 valence electrons. The van der Waals surface area contributed by atoms with E-state index in [0.29, 0.717) is 0 Å². The number of hydrogen-bond donors (Lipinski definition) is 1. The zero-order chi connectivity index (χ0) is 23.3. The van der Waals surface area contributed by atoms with Gasteiger partial charge in [0.15, 0.2) is 5.82 Å². The summed E-state index contributed by atoms with van der Waals surface area (Å²) in [6.45, 7) is 9.93. The predicted molar refractivity (Wildman–Crippen MR) is 145 cm³/mol. The Balaban J connectivity index is 0.000000860. The number of aromatic nitrogens is 2. The smallest absolute Gasteiger partial charge is 0.155 e. The lowest BCUT2D eigenvalue weighted by atomic mass is 10.1. The molecule has 4 aromatic rings. The van der Waals surface area contributed by atoms with E-state index in [2.05, 4.69) is 84.3 Å². The molecule has 5 heteroatoms. The summed E-state index contributed by atoms with van der Waals surface area (Å²) >= 11 is 1.71. The predicted octanol–water partition coefficient (Wildman–Crippen LogP) is 7.43. The maximum absolute atomic E-state index is 4.81. The Morgan fingerprint density at radius 2 is 1.62 bits per heavy atom. The van der Waals surface area contributed by atoms with Crippen molar-refractivity contribution in [2.45, 2.75) is 34.1 Å². The molecule has 0 aliphatic rings. The molecular weight excluding hydrogens is 412 g/mol. The molecule has 2 heterocycles. The van der Waals surface area contributed by atoms with Gasteiger partial charge in [-0.15, -0.1) is 11.3 Å². The Kier molecular flexibility index (Phi) is 10.8. The highest BCUT2D eigenvalue weighted by molar-refractivity contribution is 7.10. The minimum Gasteiger partial charge on any atom is -0.369 e. The van der Waals surface area contributed by atoms with Crippen molar-refractivity contribution in [1.82, 2.24) is 14.9 Å². The van der Waals surface area contributed by atoms with E-state index < -0.39 is 0 Å². The van der Waals surface area contributed by atoms with Crippen molar-refractivity contribution in [2.75, 3.05) is 32.5 Å². The second-order valence-electron chi connectivity index (χ2n) is 7.08. The molecule has 0 amide bonds. The van der Waals surface area contributed by atoms with Crippen molar-refractivity contribution < 1.29 is 0 Å². The number of anilines is 1. The summed E-state index contributed by atoms with van der Waals surface area (Å²) < 4.78 is 0. The van der Waals surface area contributed by atoms with Gasteiger partial charge in [0.05, 0.1) is 5.52 Å². The van der Waals surface area contributed by atoms with Crippen LogP contribution in [0.25, 0.3) is 33.8 Å². The Labute approximate surface area is 197 Å². The van der Waals surface area contributed by atoms with Crippen molar-refractivity contribution in [3.05, 3.63) is 64.6 Å². The molecule has 0 saturated carbocycles. The van der Waals surface area contributed by atoms with E-state index >= 15 is 0 Å². The lowest BCUT2D eigenvalue weighted by Crippen LogP contribution is -2.17. The first-order valence-corrected chi connectivity index (χ1v) is 12.4. The van der Waals surface area contributed by atoms with Crippen molar-refractivity contribution in [3.63, 3.8) is 0 Å². The topological polar surface area (TPSA) is 41.0 Å². The Morgan fingerprint density at radius 1 is 0.906 bits per heavy atom. The van der Waals surface area contributed by atoms with E-state index in [0.717, 1.165) is 42.1 Å². The molecule has 1 N–H and O–H groups in total. The molecule has 2 aromatic heterocycles. The van der Waals surface area contributed by atoms with Gasteiger partial charge in [-0.3, -0.25) is 0 Å². The highest BCUT2D eigenvalue weighted by atomic mass is 32.1. The zero-order valence-corrected chi connectivity index (χ0v) is 21.0. The van der Waals surface area contributed by atoms with E-state index in [4.69, 9.17) is 9.97 Å². The normalized spacial score (nSPS) is 10.7. The van der Waals surface area contributed by atoms with Gasteiger partial charge in [-0.25, -0.2) is 9.97 Å². The highest BCUT2D eigenvalue weighted by Gasteiger charge is 2.08. The average Bonchev–Trinajstić information content (AvgIpc) is 3.35. The molecule has 0 unspecified atom stereocenters. The largest absolute Gasteiger partial charge is 0.369 e. The van der Waals surface area contributed by atoms with Crippen LogP contribution in [-0.2, 0) is 0 Å². The van der Waals surface area contributed by atoms with Crippen LogP contribution in [0.15, 0.2) is 53.9 Å². The first-order chi connectivity index (χ1) is 15.7. The third-order valence-electron chi connectivity index (χ3n) is 4.59. The average molecular weight is 449 g/mol. The van der Waals surface area contributed by atoms with Gasteiger partial charge in [-0.1, -0.05) is 58.0 Å². The molecule has 4 nitrogen and oxygen atoms in total. The third-order valence-corrected chi connectivity index (χ3v) is 5.43. The van der Waals surface area contributed by atoms with Crippen LogP contribution in [-0.4, -0.2) is 42.1 Å². The van der Waals surface area contributed by atoms with E-state index in [1.54, 1.807) is 11.3 Å². The molecule has 0 aliphatic heterocycles. The number of hydrogen-bond acceptors (Lipinski definition) is 5. The molecule has 2 aromatic carbocycles. The molecule has 0 aliphatic carbocycles. The molecule has 0 atom stereocenters. The number of nitrogens with one attached hydrogen (secondary N) is 1. The molecule has 0 spiro atoms. The number of thiophene rings is 1. The Hall–Kier alpha value is -2.76. The standard InChI is InChI=1S/C23H24N4S.2C2H6/c1-27(2)13-6-12-24-23-20-15-17-7-3-4-8-18(17)16-21(20)25-22(26-23)11-10-19-9-5-14-28-19;2*1-2/h3-5,7-11,14-16H,6,12-13H2,1-2H3,(H,24,25,26);2*1-2H3/b11-10+;;. The number of nitrogens with zero attached hydrogens (tertiary/aromatic N) is 3. The number of rotatable bonds is 7. The van der Waals surface area contributed by atoms with Gasteiger partial charge in [0.25, 0.3) is 0 Å². The minimum absolute atomic E-state index is 0.728. The fraction of sp³-hybridized carbons (Fsp3) is 0.333. The summed E-state index contributed by atoms with van der Waals surface area (Å²) in [6.07, 6.45) is 5.13. The summed E-state index contributed by atoms with van der Waals surface area (Å²) in [7, 11) is 4.19. The molecule has 0 fully saturated rings. The molecular formula is C27H36N4S. The van der Waals surface area contributed by atoms with Gasteiger partial charge in [-0.05, 0) is 73.6 Å². The third kappa shape index (κ3) is 7.14. The van der Waals surface area contributed by atoms with Crippen molar-refractivity contribution in [1.29, 1.82) is 0 Å². The second-order valence-corrected chi connectivity index (χ2v) is 8.06. The van der Waals surface area contributed by atoms with Crippen molar-refractivity contribution in [3.8, 4) is 0 Å². The van der Waals surface area contributed by atoms with Gasteiger partial charge in [0.2, 0.25) is 0 Å². The van der Waals surface area contributed by atoms with Crippen LogP contribution in [0.5, 0.6) is 0 Å². The minimum atomic E-state index is 0.728. The quantitative estimate of drug-likeness (QED) is 0.236.